The van der Waals surface area contributed by atoms with Crippen LogP contribution in [0.15, 0.2) is 109 Å². The van der Waals surface area contributed by atoms with Crippen LogP contribution in [0.5, 0.6) is 5.75 Å². The molecule has 0 aliphatic rings. The van der Waals surface area contributed by atoms with E-state index in [4.69, 9.17) is 0 Å². The van der Waals surface area contributed by atoms with Crippen LogP contribution in [-0.4, -0.2) is 5.11 Å². The zero-order valence-corrected chi connectivity index (χ0v) is 17.6. The molecule has 0 aromatic heterocycles. The first-order valence-corrected chi connectivity index (χ1v) is 10.6. The van der Waals surface area contributed by atoms with Gasteiger partial charge >= 0.3 is 0 Å². The summed E-state index contributed by atoms with van der Waals surface area (Å²) in [5.41, 5.74) is 5.89. The number of aromatic hydroxyl groups is 1. The second kappa shape index (κ2) is 7.78. The summed E-state index contributed by atoms with van der Waals surface area (Å²) >= 11 is 0. The van der Waals surface area contributed by atoms with Crippen molar-refractivity contribution in [2.45, 2.75) is 0 Å². The maximum atomic E-state index is 11.7. The highest BCUT2D eigenvalue weighted by atomic mass is 31.0. The molecule has 0 aliphatic heterocycles. The molecule has 0 saturated carbocycles. The van der Waals surface area contributed by atoms with Gasteiger partial charge in [-0.2, -0.15) is 0 Å². The van der Waals surface area contributed by atoms with E-state index in [1.54, 1.807) is 0 Å². The van der Waals surface area contributed by atoms with Gasteiger partial charge in [0.05, 0.1) is 0 Å². The Morgan fingerprint density at radius 1 is 0.467 bits per heavy atom. The fourth-order valence-corrected chi connectivity index (χ4v) is 4.44. The second-order valence-electron chi connectivity index (χ2n) is 7.38. The van der Waals surface area contributed by atoms with Crippen molar-refractivity contribution in [2.75, 3.05) is 0 Å². The van der Waals surface area contributed by atoms with Gasteiger partial charge in [0, 0.05) is 16.7 Å². The van der Waals surface area contributed by atoms with E-state index < -0.39 is 0 Å². The summed E-state index contributed by atoms with van der Waals surface area (Å²) in [6.45, 7) is 0. The second-order valence-corrected chi connectivity index (χ2v) is 8.04. The number of fused-ring (bicyclic) bond motifs is 1. The SMILES string of the molecule is Oc1c(-c2ccccc2)c(-c2ccccc2)c2cc(P)ccc2c1-c1ccccc1. The van der Waals surface area contributed by atoms with E-state index in [-0.39, 0.29) is 0 Å². The van der Waals surface area contributed by atoms with Crippen LogP contribution in [0.4, 0.5) is 0 Å². The average molecular weight is 404 g/mol. The Labute approximate surface area is 178 Å². The number of benzene rings is 5. The number of hydrogen-bond donors (Lipinski definition) is 1. The molecule has 0 aliphatic carbocycles. The Morgan fingerprint density at radius 3 is 1.47 bits per heavy atom. The van der Waals surface area contributed by atoms with E-state index in [1.807, 2.05) is 54.6 Å². The molecule has 0 amide bonds. The van der Waals surface area contributed by atoms with Crippen molar-refractivity contribution in [1.82, 2.24) is 0 Å². The topological polar surface area (TPSA) is 20.2 Å². The molecule has 0 fully saturated rings. The van der Waals surface area contributed by atoms with Crippen LogP contribution in [0.25, 0.3) is 44.2 Å². The molecule has 0 spiro atoms. The van der Waals surface area contributed by atoms with Crippen LogP contribution >= 0.6 is 9.24 Å². The predicted octanol–water partition coefficient (Wildman–Crippen LogP) is 7.05. The lowest BCUT2D eigenvalue weighted by Crippen LogP contribution is -1.97. The Hall–Kier alpha value is -3.41. The van der Waals surface area contributed by atoms with Crippen molar-refractivity contribution in [1.29, 1.82) is 0 Å². The van der Waals surface area contributed by atoms with Crippen LogP contribution in [0, 0.1) is 0 Å². The largest absolute Gasteiger partial charge is 0.507 e. The third-order valence-electron chi connectivity index (χ3n) is 5.49. The Morgan fingerprint density at radius 2 is 0.933 bits per heavy atom. The van der Waals surface area contributed by atoms with Gasteiger partial charge in [0.2, 0.25) is 0 Å². The molecule has 1 N–H and O–H groups in total. The van der Waals surface area contributed by atoms with Crippen LogP contribution in [0.2, 0.25) is 0 Å². The smallest absolute Gasteiger partial charge is 0.132 e. The van der Waals surface area contributed by atoms with Crippen LogP contribution < -0.4 is 5.30 Å². The molecule has 5 aromatic rings. The predicted molar refractivity (Wildman–Crippen MR) is 131 cm³/mol. The van der Waals surface area contributed by atoms with E-state index >= 15 is 0 Å². The average Bonchev–Trinajstić information content (AvgIpc) is 2.80. The lowest BCUT2D eigenvalue weighted by atomic mass is 9.84. The maximum Gasteiger partial charge on any atom is 0.132 e. The molecule has 5 aromatic carbocycles. The number of hydrogen-bond acceptors (Lipinski definition) is 1. The first kappa shape index (κ1) is 18.6. The van der Waals surface area contributed by atoms with Gasteiger partial charge in [0.15, 0.2) is 0 Å². The van der Waals surface area contributed by atoms with Gasteiger partial charge in [-0.05, 0) is 38.8 Å². The van der Waals surface area contributed by atoms with E-state index in [0.29, 0.717) is 5.75 Å². The number of rotatable bonds is 3. The number of phenolic OH excluding ortho intramolecular Hbond substituents is 1. The highest BCUT2D eigenvalue weighted by Crippen LogP contribution is 2.49. The highest BCUT2D eigenvalue weighted by molar-refractivity contribution is 7.27. The molecule has 30 heavy (non-hydrogen) atoms. The third-order valence-corrected chi connectivity index (χ3v) is 5.85. The monoisotopic (exact) mass is 404 g/mol. The standard InChI is InChI=1S/C28H21OP/c29-28-26(20-12-6-2-7-13-20)23-17-16-22(30)18-24(23)25(19-10-4-1-5-11-19)27(28)21-14-8-3-9-15-21/h1-18,29H,30H2. The van der Waals surface area contributed by atoms with E-state index in [2.05, 4.69) is 63.8 Å². The van der Waals surface area contributed by atoms with Crippen molar-refractivity contribution < 1.29 is 5.11 Å². The van der Waals surface area contributed by atoms with Gasteiger partial charge in [-0.1, -0.05) is 103 Å². The highest BCUT2D eigenvalue weighted by Gasteiger charge is 2.22. The fourth-order valence-electron chi connectivity index (χ4n) is 4.18. The van der Waals surface area contributed by atoms with Gasteiger partial charge in [-0.3, -0.25) is 0 Å². The van der Waals surface area contributed by atoms with Gasteiger partial charge in [0.25, 0.3) is 0 Å². The molecule has 1 atom stereocenters. The minimum Gasteiger partial charge on any atom is -0.507 e. The third kappa shape index (κ3) is 3.18. The molecule has 1 unspecified atom stereocenters. The van der Waals surface area contributed by atoms with Gasteiger partial charge in [-0.25, -0.2) is 0 Å². The summed E-state index contributed by atoms with van der Waals surface area (Å²) in [7, 11) is 2.80. The van der Waals surface area contributed by atoms with Gasteiger partial charge in [-0.15, -0.1) is 9.24 Å². The van der Waals surface area contributed by atoms with Crippen molar-refractivity contribution in [3.05, 3.63) is 109 Å². The molecule has 5 rings (SSSR count). The fraction of sp³-hybridized carbons (Fsp3) is 0. The summed E-state index contributed by atoms with van der Waals surface area (Å²) in [6, 6.07) is 37.0. The molecule has 0 radical (unpaired) electrons. The quantitative estimate of drug-likeness (QED) is 0.320. The summed E-state index contributed by atoms with van der Waals surface area (Å²) in [5, 5.41) is 15.0. The van der Waals surface area contributed by atoms with E-state index in [9.17, 15) is 5.11 Å². The van der Waals surface area contributed by atoms with Crippen LogP contribution in [0.3, 0.4) is 0 Å². The Bertz CT molecular complexity index is 1330. The molecule has 0 bridgehead atoms. The molecule has 1 nitrogen and oxygen atoms in total. The molecular weight excluding hydrogens is 383 g/mol. The normalized spacial score (nSPS) is 11.0. The molecule has 2 heteroatoms. The van der Waals surface area contributed by atoms with Crippen molar-refractivity contribution in [3.63, 3.8) is 0 Å². The Kier molecular flexibility index (Phi) is 4.83. The lowest BCUT2D eigenvalue weighted by Gasteiger charge is -2.21. The van der Waals surface area contributed by atoms with Gasteiger partial charge < -0.3 is 5.11 Å². The maximum absolute atomic E-state index is 11.7. The van der Waals surface area contributed by atoms with Crippen LogP contribution in [-0.2, 0) is 0 Å². The first-order valence-electron chi connectivity index (χ1n) is 9.98. The summed E-state index contributed by atoms with van der Waals surface area (Å²) in [4.78, 5) is 0. The molecular formula is C28H21OP. The van der Waals surface area contributed by atoms with Gasteiger partial charge in [0.1, 0.15) is 5.75 Å². The summed E-state index contributed by atoms with van der Waals surface area (Å²) < 4.78 is 0. The number of phenols is 1. The minimum atomic E-state index is 0.315. The summed E-state index contributed by atoms with van der Waals surface area (Å²) in [6.07, 6.45) is 0. The zero-order valence-electron chi connectivity index (χ0n) is 16.4. The minimum absolute atomic E-state index is 0.315. The molecule has 0 heterocycles. The van der Waals surface area contributed by atoms with Crippen molar-refractivity contribution in [3.8, 4) is 39.1 Å². The van der Waals surface area contributed by atoms with Crippen molar-refractivity contribution in [2.24, 2.45) is 0 Å². The molecule has 0 saturated heterocycles. The zero-order chi connectivity index (χ0) is 20.5. The van der Waals surface area contributed by atoms with Crippen molar-refractivity contribution >= 4 is 25.3 Å². The Balaban J connectivity index is 2.01. The van der Waals surface area contributed by atoms with Crippen LogP contribution in [0.1, 0.15) is 0 Å². The van der Waals surface area contributed by atoms with E-state index in [1.165, 1.54) is 0 Å². The molecule has 144 valence electrons. The lowest BCUT2D eigenvalue weighted by molar-refractivity contribution is 0.480. The first-order chi connectivity index (χ1) is 14.7. The summed E-state index contributed by atoms with van der Waals surface area (Å²) in [5.74, 6) is 0.315. The van der Waals surface area contributed by atoms with E-state index in [0.717, 1.165) is 49.5 Å².